The molecule has 0 heterocycles. The van der Waals surface area contributed by atoms with E-state index in [9.17, 15) is 0 Å². The molecule has 0 radical (unpaired) electrons. The van der Waals surface area contributed by atoms with Crippen LogP contribution in [0.25, 0.3) is 0 Å². The summed E-state index contributed by atoms with van der Waals surface area (Å²) in [5.74, 6) is 3.21. The summed E-state index contributed by atoms with van der Waals surface area (Å²) in [4.78, 5) is 0. The van der Waals surface area contributed by atoms with Gasteiger partial charge in [0.2, 0.25) is 0 Å². The van der Waals surface area contributed by atoms with Gasteiger partial charge in [-0.05, 0) is 56.8 Å². The van der Waals surface area contributed by atoms with Gasteiger partial charge in [-0.1, -0.05) is 17.6 Å². The molecular formula is C12H18. The number of hydrogen-bond acceptors (Lipinski definition) is 0. The maximum atomic E-state index is 2.38. The molecule has 0 aliphatic heterocycles. The normalized spacial score (nSPS) is 45.2. The summed E-state index contributed by atoms with van der Waals surface area (Å²) < 4.78 is 0. The Bertz CT molecular complexity index is 236. The number of allylic oxidation sites excluding steroid dienone is 2. The lowest BCUT2D eigenvalue weighted by atomic mass is 9.94. The van der Waals surface area contributed by atoms with Gasteiger partial charge in [-0.25, -0.2) is 0 Å². The van der Waals surface area contributed by atoms with E-state index in [1.54, 1.807) is 12.0 Å². The summed E-state index contributed by atoms with van der Waals surface area (Å²) in [7, 11) is 0. The minimum Gasteiger partial charge on any atom is -0.0735 e. The van der Waals surface area contributed by atoms with Crippen LogP contribution in [0.4, 0.5) is 0 Å². The summed E-state index contributed by atoms with van der Waals surface area (Å²) >= 11 is 0. The van der Waals surface area contributed by atoms with E-state index in [0.29, 0.717) is 0 Å². The predicted molar refractivity (Wildman–Crippen MR) is 50.9 cm³/mol. The Morgan fingerprint density at radius 2 is 2.08 bits per heavy atom. The molecule has 12 heavy (non-hydrogen) atoms. The third kappa shape index (κ3) is 0.787. The largest absolute Gasteiger partial charge is 0.0735 e. The molecule has 0 spiro atoms. The first kappa shape index (κ1) is 7.17. The van der Waals surface area contributed by atoms with Crippen LogP contribution in [-0.2, 0) is 0 Å². The molecule has 0 nitrogen and oxygen atoms in total. The van der Waals surface area contributed by atoms with Crippen LogP contribution < -0.4 is 0 Å². The molecule has 3 aliphatic carbocycles. The second kappa shape index (κ2) is 2.37. The van der Waals surface area contributed by atoms with Crippen molar-refractivity contribution in [3.63, 3.8) is 0 Å². The summed E-state index contributed by atoms with van der Waals surface area (Å²) in [5.41, 5.74) is 3.70. The fraction of sp³-hybridized carbons (Fsp3) is 0.833. The number of rotatable bonds is 0. The highest BCUT2D eigenvalue weighted by Crippen LogP contribution is 2.55. The molecule has 3 atom stereocenters. The molecule has 3 unspecified atom stereocenters. The number of fused-ring (bicyclic) bond motifs is 3. The molecule has 3 rings (SSSR count). The van der Waals surface area contributed by atoms with Crippen LogP contribution in [0.3, 0.4) is 0 Å². The molecule has 0 aromatic heterocycles. The monoisotopic (exact) mass is 162 g/mol. The first-order valence-corrected chi connectivity index (χ1v) is 5.56. The third-order valence-corrected chi connectivity index (χ3v) is 4.45. The predicted octanol–water partition coefficient (Wildman–Crippen LogP) is 3.53. The molecule has 0 saturated heterocycles. The first-order valence-electron chi connectivity index (χ1n) is 5.56. The van der Waals surface area contributed by atoms with Crippen LogP contribution in [0, 0.1) is 17.8 Å². The van der Waals surface area contributed by atoms with Crippen molar-refractivity contribution in [1.29, 1.82) is 0 Å². The molecular weight excluding hydrogens is 144 g/mol. The Labute approximate surface area is 75.0 Å². The average Bonchev–Trinajstić information content (AvgIpc) is 2.61. The van der Waals surface area contributed by atoms with E-state index < -0.39 is 0 Å². The van der Waals surface area contributed by atoms with Crippen LogP contribution in [0.5, 0.6) is 0 Å². The highest BCUT2D eigenvalue weighted by Gasteiger charge is 2.43. The van der Waals surface area contributed by atoms with Crippen LogP contribution in [0.1, 0.15) is 45.4 Å². The molecule has 0 heteroatoms. The highest BCUT2D eigenvalue weighted by atomic mass is 14.5. The molecule has 2 fully saturated rings. The zero-order valence-electron chi connectivity index (χ0n) is 7.97. The Morgan fingerprint density at radius 1 is 1.17 bits per heavy atom. The maximum absolute atomic E-state index is 2.38. The van der Waals surface area contributed by atoms with Crippen molar-refractivity contribution in [3.8, 4) is 0 Å². The topological polar surface area (TPSA) is 0 Å². The van der Waals surface area contributed by atoms with Gasteiger partial charge < -0.3 is 0 Å². The third-order valence-electron chi connectivity index (χ3n) is 4.45. The smallest absolute Gasteiger partial charge is 0.0169 e. The van der Waals surface area contributed by atoms with Crippen molar-refractivity contribution in [2.24, 2.45) is 17.8 Å². The van der Waals surface area contributed by atoms with Gasteiger partial charge in [0.05, 0.1) is 0 Å². The fourth-order valence-corrected chi connectivity index (χ4v) is 4.00. The average molecular weight is 162 g/mol. The van der Waals surface area contributed by atoms with Gasteiger partial charge in [0.25, 0.3) is 0 Å². The fourth-order valence-electron chi connectivity index (χ4n) is 4.00. The van der Waals surface area contributed by atoms with Crippen molar-refractivity contribution in [3.05, 3.63) is 11.1 Å². The van der Waals surface area contributed by atoms with Gasteiger partial charge in [-0.2, -0.15) is 0 Å². The summed E-state index contributed by atoms with van der Waals surface area (Å²) in [6.45, 7) is 2.38. The van der Waals surface area contributed by atoms with Crippen LogP contribution in [-0.4, -0.2) is 0 Å². The second-order valence-corrected chi connectivity index (χ2v) is 5.00. The summed E-state index contributed by atoms with van der Waals surface area (Å²) in [6.07, 6.45) is 9.04. The van der Waals surface area contributed by atoms with Crippen LogP contribution in [0.15, 0.2) is 11.1 Å². The van der Waals surface area contributed by atoms with E-state index in [2.05, 4.69) is 6.92 Å². The summed E-state index contributed by atoms with van der Waals surface area (Å²) in [5, 5.41) is 0. The van der Waals surface area contributed by atoms with E-state index in [1.807, 2.05) is 5.57 Å². The van der Waals surface area contributed by atoms with E-state index in [-0.39, 0.29) is 0 Å². The van der Waals surface area contributed by atoms with Crippen molar-refractivity contribution in [2.75, 3.05) is 0 Å². The highest BCUT2D eigenvalue weighted by molar-refractivity contribution is 5.29. The minimum atomic E-state index is 1.04. The molecule has 0 amide bonds. The quantitative estimate of drug-likeness (QED) is 0.478. The number of hydrogen-bond donors (Lipinski definition) is 0. The van der Waals surface area contributed by atoms with Gasteiger partial charge in [-0.3, -0.25) is 0 Å². The van der Waals surface area contributed by atoms with Crippen molar-refractivity contribution < 1.29 is 0 Å². The standard InChI is InChI=1S/C12H18/c1-8-5-6-10-7-9-3-2-4-11(9)12(8)10/h9-11H,2-7H2,1H3. The Balaban J connectivity index is 1.98. The van der Waals surface area contributed by atoms with E-state index in [1.165, 1.54) is 32.1 Å². The molecule has 2 saturated carbocycles. The Hall–Kier alpha value is -0.260. The molecule has 0 N–H and O–H groups in total. The second-order valence-electron chi connectivity index (χ2n) is 5.00. The van der Waals surface area contributed by atoms with Gasteiger partial charge in [0, 0.05) is 0 Å². The van der Waals surface area contributed by atoms with Crippen LogP contribution in [0.2, 0.25) is 0 Å². The minimum absolute atomic E-state index is 1.04. The van der Waals surface area contributed by atoms with E-state index in [4.69, 9.17) is 0 Å². The molecule has 66 valence electrons. The first-order chi connectivity index (χ1) is 5.86. The lowest BCUT2D eigenvalue weighted by Gasteiger charge is -2.11. The molecule has 0 aromatic rings. The summed E-state index contributed by atoms with van der Waals surface area (Å²) in [6, 6.07) is 0. The zero-order chi connectivity index (χ0) is 8.13. The zero-order valence-corrected chi connectivity index (χ0v) is 7.97. The van der Waals surface area contributed by atoms with Crippen molar-refractivity contribution >= 4 is 0 Å². The van der Waals surface area contributed by atoms with Crippen LogP contribution >= 0.6 is 0 Å². The van der Waals surface area contributed by atoms with Crippen molar-refractivity contribution in [2.45, 2.75) is 45.4 Å². The van der Waals surface area contributed by atoms with Gasteiger partial charge in [-0.15, -0.1) is 0 Å². The van der Waals surface area contributed by atoms with Gasteiger partial charge in [0.1, 0.15) is 0 Å². The Morgan fingerprint density at radius 3 is 3.00 bits per heavy atom. The Kier molecular flexibility index (Phi) is 1.42. The lowest BCUT2D eigenvalue weighted by molar-refractivity contribution is 0.455. The van der Waals surface area contributed by atoms with Gasteiger partial charge >= 0.3 is 0 Å². The molecule has 0 bridgehead atoms. The van der Waals surface area contributed by atoms with Crippen molar-refractivity contribution in [1.82, 2.24) is 0 Å². The molecule has 0 aromatic carbocycles. The maximum Gasteiger partial charge on any atom is -0.0169 e. The lowest BCUT2D eigenvalue weighted by Crippen LogP contribution is -2.00. The SMILES string of the molecule is CC1=C2C(CC1)CC1CCCC21. The van der Waals surface area contributed by atoms with E-state index in [0.717, 1.165) is 17.8 Å². The van der Waals surface area contributed by atoms with Gasteiger partial charge in [0.15, 0.2) is 0 Å². The van der Waals surface area contributed by atoms with E-state index >= 15 is 0 Å². The molecule has 3 aliphatic rings.